The fourth-order valence-electron chi connectivity index (χ4n) is 3.21. The number of nitro groups is 1. The number of alkyl halides is 3. The largest absolute Gasteiger partial charge is 0.416 e. The third-order valence-corrected chi connectivity index (χ3v) is 4.65. The topological polar surface area (TPSA) is 90.1 Å². The third-order valence-electron chi connectivity index (χ3n) is 4.65. The van der Waals surface area contributed by atoms with Crippen molar-refractivity contribution in [1.29, 1.82) is 0 Å². The van der Waals surface area contributed by atoms with Gasteiger partial charge >= 0.3 is 6.18 Å². The highest BCUT2D eigenvalue weighted by atomic mass is 19.4. The maximum absolute atomic E-state index is 13.6. The van der Waals surface area contributed by atoms with Gasteiger partial charge in [0.1, 0.15) is 0 Å². The molecular weight excluding hydrogens is 425 g/mol. The molecule has 0 aliphatic carbocycles. The second-order valence-electron chi connectivity index (χ2n) is 7.05. The number of amides is 1. The van der Waals surface area contributed by atoms with E-state index >= 15 is 0 Å². The lowest BCUT2D eigenvalue weighted by molar-refractivity contribution is -0.385. The number of carbonyl (C=O) groups is 1. The van der Waals surface area contributed by atoms with Crippen LogP contribution < -0.4 is 5.32 Å². The van der Waals surface area contributed by atoms with Crippen LogP contribution in [0.3, 0.4) is 0 Å². The molecule has 1 aromatic heterocycles. The molecule has 0 aliphatic rings. The molecule has 0 radical (unpaired) electrons. The molecule has 7 nitrogen and oxygen atoms in total. The maximum atomic E-state index is 13.6. The van der Waals surface area contributed by atoms with E-state index in [1.54, 1.807) is 26.0 Å². The first-order chi connectivity index (χ1) is 15.1. The third kappa shape index (κ3) is 5.20. The molecule has 0 saturated heterocycles. The Morgan fingerprint density at radius 1 is 1.19 bits per heavy atom. The van der Waals surface area contributed by atoms with E-state index in [9.17, 15) is 28.1 Å². The van der Waals surface area contributed by atoms with E-state index in [-0.39, 0.29) is 29.0 Å². The lowest BCUT2D eigenvalue weighted by Gasteiger charge is -2.15. The summed E-state index contributed by atoms with van der Waals surface area (Å²) in [5.41, 5.74) is 0.651. The van der Waals surface area contributed by atoms with Gasteiger partial charge in [0.2, 0.25) is 5.91 Å². The highest BCUT2D eigenvalue weighted by Gasteiger charge is 2.34. The lowest BCUT2D eigenvalue weighted by Crippen LogP contribution is -2.23. The number of aromatic nitrogens is 2. The predicted octanol–water partition coefficient (Wildman–Crippen LogP) is 4.75. The summed E-state index contributed by atoms with van der Waals surface area (Å²) in [4.78, 5) is 22.5. The minimum atomic E-state index is -4.63. The van der Waals surface area contributed by atoms with Crippen molar-refractivity contribution in [2.45, 2.75) is 26.6 Å². The summed E-state index contributed by atoms with van der Waals surface area (Å²) in [6.07, 6.45) is -2.35. The van der Waals surface area contributed by atoms with Gasteiger partial charge in [0.15, 0.2) is 0 Å². The van der Waals surface area contributed by atoms with Crippen LogP contribution in [0.15, 0.2) is 54.6 Å². The Kier molecular flexibility index (Phi) is 6.42. The minimum Gasteiger partial charge on any atom is -0.348 e. The Labute approximate surface area is 181 Å². The Balaban J connectivity index is 1.79. The number of halogens is 3. The Morgan fingerprint density at radius 3 is 2.53 bits per heavy atom. The molecule has 1 amide bonds. The van der Waals surface area contributed by atoms with Gasteiger partial charge in [-0.3, -0.25) is 14.9 Å². The van der Waals surface area contributed by atoms with Crippen molar-refractivity contribution in [1.82, 2.24) is 15.1 Å². The number of nitrogens with one attached hydrogen (secondary N) is 1. The van der Waals surface area contributed by atoms with E-state index in [1.807, 2.05) is 0 Å². The summed E-state index contributed by atoms with van der Waals surface area (Å²) >= 11 is 0. The van der Waals surface area contributed by atoms with Gasteiger partial charge < -0.3 is 5.32 Å². The SMILES string of the molecule is Cc1cc(C)n(-c2ccc(CNC(=O)C=Cc3ccccc3[N+](=O)[O-])c(C(F)(F)F)c2)n1. The molecule has 0 spiro atoms. The van der Waals surface area contributed by atoms with Crippen molar-refractivity contribution < 1.29 is 22.9 Å². The van der Waals surface area contributed by atoms with E-state index in [2.05, 4.69) is 10.4 Å². The van der Waals surface area contributed by atoms with Crippen LogP contribution >= 0.6 is 0 Å². The number of carbonyl (C=O) groups excluding carboxylic acids is 1. The molecule has 0 unspecified atom stereocenters. The van der Waals surface area contributed by atoms with E-state index in [0.29, 0.717) is 11.4 Å². The lowest BCUT2D eigenvalue weighted by atomic mass is 10.1. The Morgan fingerprint density at radius 2 is 1.91 bits per heavy atom. The van der Waals surface area contributed by atoms with Gasteiger partial charge in [0.25, 0.3) is 5.69 Å². The molecular formula is C22H19F3N4O3. The number of aryl methyl sites for hydroxylation is 2. The number of nitro benzene ring substituents is 1. The molecule has 166 valence electrons. The molecule has 0 aliphatic heterocycles. The van der Waals surface area contributed by atoms with Crippen LogP contribution in [-0.4, -0.2) is 20.6 Å². The van der Waals surface area contributed by atoms with Crippen LogP contribution in [0, 0.1) is 24.0 Å². The summed E-state index contributed by atoms with van der Waals surface area (Å²) in [7, 11) is 0. The van der Waals surface area contributed by atoms with Crippen LogP contribution in [0.5, 0.6) is 0 Å². The molecule has 0 atom stereocenters. The van der Waals surface area contributed by atoms with Crippen LogP contribution in [0.2, 0.25) is 0 Å². The van der Waals surface area contributed by atoms with E-state index in [4.69, 9.17) is 0 Å². The van der Waals surface area contributed by atoms with Crippen LogP contribution in [0.1, 0.15) is 28.1 Å². The zero-order chi connectivity index (χ0) is 23.5. The monoisotopic (exact) mass is 444 g/mol. The van der Waals surface area contributed by atoms with Crippen LogP contribution in [0.4, 0.5) is 18.9 Å². The molecule has 32 heavy (non-hydrogen) atoms. The predicted molar refractivity (Wildman–Crippen MR) is 112 cm³/mol. The summed E-state index contributed by atoms with van der Waals surface area (Å²) < 4.78 is 42.3. The number of hydrogen-bond acceptors (Lipinski definition) is 4. The second kappa shape index (κ2) is 9.04. The normalized spacial score (nSPS) is 11.7. The molecule has 0 saturated carbocycles. The summed E-state index contributed by atoms with van der Waals surface area (Å²) in [6.45, 7) is 3.12. The highest BCUT2D eigenvalue weighted by Crippen LogP contribution is 2.33. The Bertz CT molecular complexity index is 1200. The molecule has 2 aromatic carbocycles. The van der Waals surface area contributed by atoms with Crippen molar-refractivity contribution in [3.63, 3.8) is 0 Å². The standard InChI is InChI=1S/C22H19F3N4O3/c1-14-11-15(2)28(27-14)18-9-7-17(19(12-18)22(23,24)25)13-26-21(30)10-8-16-5-3-4-6-20(16)29(31)32/h3-12H,13H2,1-2H3,(H,26,30). The fourth-order valence-corrected chi connectivity index (χ4v) is 3.21. The van der Waals surface area contributed by atoms with Gasteiger partial charge in [0.05, 0.1) is 27.4 Å². The molecule has 0 fully saturated rings. The van der Waals surface area contributed by atoms with Gasteiger partial charge in [-0.2, -0.15) is 18.3 Å². The van der Waals surface area contributed by atoms with Gasteiger partial charge in [-0.15, -0.1) is 0 Å². The van der Waals surface area contributed by atoms with Crippen molar-refractivity contribution in [3.8, 4) is 5.69 Å². The average Bonchev–Trinajstić information content (AvgIpc) is 3.08. The quantitative estimate of drug-likeness (QED) is 0.338. The van der Waals surface area contributed by atoms with E-state index < -0.39 is 22.6 Å². The van der Waals surface area contributed by atoms with Crippen LogP contribution in [-0.2, 0) is 17.5 Å². The van der Waals surface area contributed by atoms with Gasteiger partial charge in [-0.25, -0.2) is 4.68 Å². The zero-order valence-corrected chi connectivity index (χ0v) is 17.2. The van der Waals surface area contributed by atoms with Gasteiger partial charge in [-0.1, -0.05) is 18.2 Å². The zero-order valence-electron chi connectivity index (χ0n) is 17.2. The first-order valence-electron chi connectivity index (χ1n) is 9.49. The molecule has 3 aromatic rings. The first-order valence-corrected chi connectivity index (χ1v) is 9.49. The smallest absolute Gasteiger partial charge is 0.348 e. The maximum Gasteiger partial charge on any atom is 0.416 e. The molecule has 10 heteroatoms. The molecule has 3 rings (SSSR count). The fraction of sp³-hybridized carbons (Fsp3) is 0.182. The van der Waals surface area contributed by atoms with Crippen molar-refractivity contribution in [2.75, 3.05) is 0 Å². The second-order valence-corrected chi connectivity index (χ2v) is 7.05. The number of rotatable bonds is 6. The van der Waals surface area contributed by atoms with Crippen LogP contribution in [0.25, 0.3) is 11.8 Å². The van der Waals surface area contributed by atoms with E-state index in [1.165, 1.54) is 41.1 Å². The summed E-state index contributed by atoms with van der Waals surface area (Å²) in [5, 5.41) is 17.6. The number of para-hydroxylation sites is 1. The summed E-state index contributed by atoms with van der Waals surface area (Å²) in [6, 6.07) is 11.3. The van der Waals surface area contributed by atoms with Gasteiger partial charge in [-0.05, 0) is 49.8 Å². The van der Waals surface area contributed by atoms with Crippen molar-refractivity contribution in [3.05, 3.63) is 92.8 Å². The molecule has 0 bridgehead atoms. The first kappa shape index (κ1) is 22.7. The molecule has 1 heterocycles. The average molecular weight is 444 g/mol. The number of hydrogen-bond donors (Lipinski definition) is 1. The highest BCUT2D eigenvalue weighted by molar-refractivity contribution is 5.92. The minimum absolute atomic E-state index is 0.116. The summed E-state index contributed by atoms with van der Waals surface area (Å²) in [5.74, 6) is -0.682. The van der Waals surface area contributed by atoms with Gasteiger partial charge in [0, 0.05) is 24.4 Å². The number of nitrogens with zero attached hydrogens (tertiary/aromatic N) is 3. The van der Waals surface area contributed by atoms with Crippen molar-refractivity contribution in [2.24, 2.45) is 0 Å². The van der Waals surface area contributed by atoms with E-state index in [0.717, 1.165) is 12.1 Å². The molecule has 1 N–H and O–H groups in total. The van der Waals surface area contributed by atoms with Crippen molar-refractivity contribution >= 4 is 17.7 Å². The number of benzene rings is 2. The Hall–Kier alpha value is -3.95.